The molecule has 2 rings (SSSR count). The summed E-state index contributed by atoms with van der Waals surface area (Å²) in [6.07, 6.45) is 1.80. The molecule has 0 fully saturated rings. The van der Waals surface area contributed by atoms with Gasteiger partial charge < -0.3 is 11.1 Å². The Hall–Kier alpha value is -1.24. The van der Waals surface area contributed by atoms with Crippen LogP contribution in [0.4, 0.5) is 0 Å². The first-order valence-corrected chi connectivity index (χ1v) is 8.20. The normalized spacial score (nSPS) is 15.3. The molecular weight excluding hydrogens is 350 g/mol. The topological polar surface area (TPSA) is 68.0 Å². The molecule has 0 radical (unpaired) electrons. The monoisotopic (exact) mass is 367 g/mol. The Bertz CT molecular complexity index is 637. The van der Waals surface area contributed by atoms with Gasteiger partial charge >= 0.3 is 0 Å². The van der Waals surface area contributed by atoms with E-state index in [1.165, 1.54) is 0 Å². The standard InChI is InChI=1S/C15H18BrN3OS/c1-9-8-18-13(21-9)10(2)19-14(20)15(3,17)11-4-6-12(16)7-5-11/h4-8,10H,17H2,1-3H3,(H,19,20). The van der Waals surface area contributed by atoms with Crippen LogP contribution in [0, 0.1) is 6.92 Å². The predicted molar refractivity (Wildman–Crippen MR) is 89.1 cm³/mol. The van der Waals surface area contributed by atoms with Gasteiger partial charge in [-0.2, -0.15) is 0 Å². The number of hydrogen-bond acceptors (Lipinski definition) is 4. The van der Waals surface area contributed by atoms with Crippen molar-refractivity contribution in [3.05, 3.63) is 50.4 Å². The third-order valence-electron chi connectivity index (χ3n) is 3.27. The van der Waals surface area contributed by atoms with E-state index in [0.717, 1.165) is 19.9 Å². The third kappa shape index (κ3) is 3.70. The lowest BCUT2D eigenvalue weighted by Crippen LogP contribution is -2.49. The van der Waals surface area contributed by atoms with Gasteiger partial charge in [-0.1, -0.05) is 28.1 Å². The van der Waals surface area contributed by atoms with Gasteiger partial charge in [0.05, 0.1) is 6.04 Å². The Balaban J connectivity index is 2.13. The molecule has 0 spiro atoms. The molecular formula is C15H18BrN3OS. The summed E-state index contributed by atoms with van der Waals surface area (Å²) in [6, 6.07) is 7.29. The van der Waals surface area contributed by atoms with Crippen LogP contribution < -0.4 is 11.1 Å². The highest BCUT2D eigenvalue weighted by molar-refractivity contribution is 9.10. The van der Waals surface area contributed by atoms with E-state index in [1.54, 1.807) is 24.5 Å². The van der Waals surface area contributed by atoms with Crippen LogP contribution in [0.2, 0.25) is 0 Å². The van der Waals surface area contributed by atoms with Gasteiger partial charge in [-0.05, 0) is 38.5 Å². The van der Waals surface area contributed by atoms with Crippen molar-refractivity contribution < 1.29 is 4.79 Å². The van der Waals surface area contributed by atoms with Gasteiger partial charge in [-0.25, -0.2) is 4.98 Å². The Morgan fingerprint density at radius 1 is 1.43 bits per heavy atom. The van der Waals surface area contributed by atoms with Crippen LogP contribution in [0.15, 0.2) is 34.9 Å². The molecule has 1 aromatic heterocycles. The number of benzene rings is 1. The molecule has 0 aliphatic rings. The number of halogens is 1. The molecule has 0 aliphatic heterocycles. The van der Waals surface area contributed by atoms with Crippen molar-refractivity contribution in [2.24, 2.45) is 5.73 Å². The van der Waals surface area contributed by atoms with Crippen LogP contribution in [0.1, 0.15) is 35.3 Å². The van der Waals surface area contributed by atoms with Crippen molar-refractivity contribution in [2.75, 3.05) is 0 Å². The number of aryl methyl sites for hydroxylation is 1. The quantitative estimate of drug-likeness (QED) is 0.871. The number of amides is 1. The summed E-state index contributed by atoms with van der Waals surface area (Å²) < 4.78 is 0.953. The first-order valence-electron chi connectivity index (χ1n) is 6.59. The zero-order valence-electron chi connectivity index (χ0n) is 12.2. The number of nitrogens with one attached hydrogen (secondary N) is 1. The first-order chi connectivity index (χ1) is 9.80. The van der Waals surface area contributed by atoms with Crippen molar-refractivity contribution >= 4 is 33.2 Å². The summed E-state index contributed by atoms with van der Waals surface area (Å²) in [5, 5.41) is 3.82. The van der Waals surface area contributed by atoms with Crippen LogP contribution in [-0.2, 0) is 10.3 Å². The molecule has 2 atom stereocenters. The minimum atomic E-state index is -1.08. The molecule has 2 unspecified atom stereocenters. The molecule has 21 heavy (non-hydrogen) atoms. The van der Waals surface area contributed by atoms with E-state index in [9.17, 15) is 4.79 Å². The molecule has 0 saturated heterocycles. The van der Waals surface area contributed by atoms with Crippen molar-refractivity contribution in [3.63, 3.8) is 0 Å². The van der Waals surface area contributed by atoms with Crippen molar-refractivity contribution in [1.29, 1.82) is 0 Å². The van der Waals surface area contributed by atoms with E-state index in [4.69, 9.17) is 5.73 Å². The van der Waals surface area contributed by atoms with Gasteiger partial charge in [-0.15, -0.1) is 11.3 Å². The van der Waals surface area contributed by atoms with Crippen molar-refractivity contribution in [2.45, 2.75) is 32.4 Å². The van der Waals surface area contributed by atoms with E-state index in [1.807, 2.05) is 38.1 Å². The maximum atomic E-state index is 12.5. The zero-order chi connectivity index (χ0) is 15.6. The number of thiazole rings is 1. The van der Waals surface area contributed by atoms with Crippen molar-refractivity contribution in [1.82, 2.24) is 10.3 Å². The summed E-state index contributed by atoms with van der Waals surface area (Å²) in [5.41, 5.74) is 5.91. The largest absolute Gasteiger partial charge is 0.345 e. The summed E-state index contributed by atoms with van der Waals surface area (Å²) in [5.74, 6) is -0.217. The van der Waals surface area contributed by atoms with E-state index in [2.05, 4.69) is 26.2 Å². The average molecular weight is 368 g/mol. The number of aromatic nitrogens is 1. The Morgan fingerprint density at radius 2 is 2.05 bits per heavy atom. The second kappa shape index (κ2) is 6.25. The molecule has 2 aromatic rings. The molecule has 3 N–H and O–H groups in total. The highest BCUT2D eigenvalue weighted by Gasteiger charge is 2.31. The number of carbonyl (C=O) groups is 1. The number of nitrogens with two attached hydrogens (primary N) is 1. The van der Waals surface area contributed by atoms with E-state index >= 15 is 0 Å². The Labute approximate surface area is 136 Å². The number of hydrogen-bond donors (Lipinski definition) is 2. The van der Waals surface area contributed by atoms with Gasteiger partial charge in [0.1, 0.15) is 10.5 Å². The highest BCUT2D eigenvalue weighted by atomic mass is 79.9. The lowest BCUT2D eigenvalue weighted by atomic mass is 9.92. The number of rotatable bonds is 4. The number of nitrogens with zero attached hydrogens (tertiary/aromatic N) is 1. The van der Waals surface area contributed by atoms with Gasteiger partial charge in [0.15, 0.2) is 0 Å². The summed E-state index contributed by atoms with van der Waals surface area (Å²) >= 11 is 4.95. The fraction of sp³-hybridized carbons (Fsp3) is 0.333. The van der Waals surface area contributed by atoms with Crippen LogP contribution in [0.3, 0.4) is 0 Å². The minimum absolute atomic E-state index is 0.158. The molecule has 0 saturated carbocycles. The van der Waals surface area contributed by atoms with Gasteiger partial charge in [-0.3, -0.25) is 4.79 Å². The fourth-order valence-corrected chi connectivity index (χ4v) is 2.95. The Morgan fingerprint density at radius 3 is 2.57 bits per heavy atom. The third-order valence-corrected chi connectivity index (χ3v) is 4.90. The maximum absolute atomic E-state index is 12.5. The molecule has 6 heteroatoms. The van der Waals surface area contributed by atoms with E-state index in [-0.39, 0.29) is 11.9 Å². The molecule has 1 heterocycles. The maximum Gasteiger partial charge on any atom is 0.244 e. The predicted octanol–water partition coefficient (Wildman–Crippen LogP) is 3.27. The zero-order valence-corrected chi connectivity index (χ0v) is 14.6. The van der Waals surface area contributed by atoms with Crippen LogP contribution >= 0.6 is 27.3 Å². The molecule has 0 bridgehead atoms. The molecule has 1 amide bonds. The summed E-state index contributed by atoms with van der Waals surface area (Å²) in [4.78, 5) is 17.9. The summed E-state index contributed by atoms with van der Waals surface area (Å²) in [6.45, 7) is 5.61. The minimum Gasteiger partial charge on any atom is -0.345 e. The SMILES string of the molecule is Cc1cnc(C(C)NC(=O)C(C)(N)c2ccc(Br)cc2)s1. The number of carbonyl (C=O) groups excluding carboxylic acids is 1. The molecule has 4 nitrogen and oxygen atoms in total. The molecule has 0 aliphatic carbocycles. The second-order valence-corrected chi connectivity index (χ2v) is 7.40. The lowest BCUT2D eigenvalue weighted by Gasteiger charge is -2.26. The van der Waals surface area contributed by atoms with Gasteiger partial charge in [0.2, 0.25) is 5.91 Å². The second-order valence-electron chi connectivity index (χ2n) is 5.21. The van der Waals surface area contributed by atoms with E-state index in [0.29, 0.717) is 0 Å². The fourth-order valence-electron chi connectivity index (χ4n) is 1.91. The lowest BCUT2D eigenvalue weighted by molar-refractivity contribution is -0.126. The summed E-state index contributed by atoms with van der Waals surface area (Å²) in [7, 11) is 0. The van der Waals surface area contributed by atoms with Crippen LogP contribution in [-0.4, -0.2) is 10.9 Å². The Kier molecular flexibility index (Phi) is 4.81. The van der Waals surface area contributed by atoms with Gasteiger partial charge in [0.25, 0.3) is 0 Å². The smallest absolute Gasteiger partial charge is 0.244 e. The molecule has 112 valence electrons. The van der Waals surface area contributed by atoms with Crippen LogP contribution in [0.5, 0.6) is 0 Å². The average Bonchev–Trinajstić information content (AvgIpc) is 2.86. The molecule has 1 aromatic carbocycles. The van der Waals surface area contributed by atoms with Crippen molar-refractivity contribution in [3.8, 4) is 0 Å². The first kappa shape index (κ1) is 16.1. The van der Waals surface area contributed by atoms with E-state index < -0.39 is 5.54 Å². The highest BCUT2D eigenvalue weighted by Crippen LogP contribution is 2.23. The van der Waals surface area contributed by atoms with Gasteiger partial charge in [0, 0.05) is 15.5 Å². The van der Waals surface area contributed by atoms with Crippen LogP contribution in [0.25, 0.3) is 0 Å².